The molecule has 0 unspecified atom stereocenters. The van der Waals surface area contributed by atoms with Gasteiger partial charge >= 0.3 is 0 Å². The topological polar surface area (TPSA) is 59.9 Å². The first-order valence-corrected chi connectivity index (χ1v) is 9.09. The molecule has 0 N–H and O–H groups in total. The maximum Gasteiger partial charge on any atom is 0.175 e. The van der Waals surface area contributed by atoms with Crippen molar-refractivity contribution in [1.82, 2.24) is 9.97 Å². The van der Waals surface area contributed by atoms with Crippen LogP contribution in [0, 0.1) is 0 Å². The molecule has 0 spiro atoms. The van der Waals surface area contributed by atoms with E-state index in [4.69, 9.17) is 11.6 Å². The van der Waals surface area contributed by atoms with E-state index in [1.807, 2.05) is 24.3 Å². The summed E-state index contributed by atoms with van der Waals surface area (Å²) < 4.78 is 23.6. The molecule has 0 radical (unpaired) electrons. The van der Waals surface area contributed by atoms with E-state index in [-0.39, 0.29) is 4.90 Å². The molecule has 4 nitrogen and oxygen atoms in total. The molecule has 3 aromatic rings. The normalized spacial score (nSPS) is 11.4. The van der Waals surface area contributed by atoms with Gasteiger partial charge in [0, 0.05) is 24.2 Å². The minimum Gasteiger partial charge on any atom is -0.255 e. The van der Waals surface area contributed by atoms with E-state index in [2.05, 4.69) is 9.97 Å². The molecule has 0 saturated carbocycles. The minimum absolute atomic E-state index is 0.252. The average Bonchev–Trinajstić information content (AvgIpc) is 2.55. The number of pyridine rings is 2. The number of halogens is 1. The van der Waals surface area contributed by atoms with Gasteiger partial charge in [-0.05, 0) is 35.9 Å². The van der Waals surface area contributed by atoms with Crippen molar-refractivity contribution in [3.8, 4) is 22.5 Å². The Morgan fingerprint density at radius 3 is 2.52 bits per heavy atom. The zero-order valence-corrected chi connectivity index (χ0v) is 13.8. The molecular formula is C17H13ClN2O2S. The number of hydrogen-bond donors (Lipinski definition) is 0. The van der Waals surface area contributed by atoms with Crippen molar-refractivity contribution in [2.45, 2.75) is 4.90 Å². The van der Waals surface area contributed by atoms with Crippen LogP contribution in [-0.4, -0.2) is 24.6 Å². The maximum absolute atomic E-state index is 11.8. The summed E-state index contributed by atoms with van der Waals surface area (Å²) >= 11 is 6.08. The summed E-state index contributed by atoms with van der Waals surface area (Å²) in [4.78, 5) is 8.94. The van der Waals surface area contributed by atoms with Crippen LogP contribution in [0.1, 0.15) is 0 Å². The monoisotopic (exact) mass is 344 g/mol. The van der Waals surface area contributed by atoms with Gasteiger partial charge in [0.05, 0.1) is 21.3 Å². The van der Waals surface area contributed by atoms with E-state index in [1.165, 1.54) is 6.26 Å². The third-order valence-electron chi connectivity index (χ3n) is 3.34. The Morgan fingerprint density at radius 2 is 1.83 bits per heavy atom. The second kappa shape index (κ2) is 6.10. The number of nitrogens with zero attached hydrogens (tertiary/aromatic N) is 2. The first-order valence-electron chi connectivity index (χ1n) is 6.82. The van der Waals surface area contributed by atoms with Gasteiger partial charge in [-0.2, -0.15) is 0 Å². The standard InChI is InChI=1S/C17H13ClN2O2S/c1-23(21,22)14-6-4-5-12(9-14)15-10-13(18)11-20-17(15)16-7-2-3-8-19-16/h2-11H,1H3. The van der Waals surface area contributed by atoms with Gasteiger partial charge in [0.1, 0.15) is 0 Å². The molecule has 6 heteroatoms. The fraction of sp³-hybridized carbons (Fsp3) is 0.0588. The highest BCUT2D eigenvalue weighted by Gasteiger charge is 2.14. The van der Waals surface area contributed by atoms with Gasteiger partial charge in [0.2, 0.25) is 0 Å². The van der Waals surface area contributed by atoms with E-state index >= 15 is 0 Å². The third-order valence-corrected chi connectivity index (χ3v) is 4.65. The Hall–Kier alpha value is -2.24. The SMILES string of the molecule is CS(=O)(=O)c1cccc(-c2cc(Cl)cnc2-c2ccccn2)c1. The summed E-state index contributed by atoms with van der Waals surface area (Å²) in [5.41, 5.74) is 2.81. The molecule has 2 aromatic heterocycles. The maximum atomic E-state index is 11.8. The van der Waals surface area contributed by atoms with Crippen LogP contribution in [0.3, 0.4) is 0 Å². The van der Waals surface area contributed by atoms with Gasteiger partial charge in [-0.3, -0.25) is 9.97 Å². The molecule has 2 heterocycles. The second-order valence-electron chi connectivity index (χ2n) is 5.06. The summed E-state index contributed by atoms with van der Waals surface area (Å²) in [6, 6.07) is 14.0. The molecule has 0 atom stereocenters. The fourth-order valence-corrected chi connectivity index (χ4v) is 3.09. The first kappa shape index (κ1) is 15.6. The molecule has 0 amide bonds. The van der Waals surface area contributed by atoms with Crippen molar-refractivity contribution >= 4 is 21.4 Å². The largest absolute Gasteiger partial charge is 0.255 e. The molecular weight excluding hydrogens is 332 g/mol. The van der Waals surface area contributed by atoms with Crippen molar-refractivity contribution in [3.63, 3.8) is 0 Å². The van der Waals surface area contributed by atoms with E-state index in [1.54, 1.807) is 36.7 Å². The lowest BCUT2D eigenvalue weighted by Crippen LogP contribution is -1.98. The minimum atomic E-state index is -3.29. The number of rotatable bonds is 3. The first-order chi connectivity index (χ1) is 10.9. The Labute approximate surface area is 139 Å². The fourth-order valence-electron chi connectivity index (χ4n) is 2.26. The van der Waals surface area contributed by atoms with E-state index in [0.717, 1.165) is 11.1 Å². The molecule has 0 aliphatic carbocycles. The average molecular weight is 345 g/mol. The second-order valence-corrected chi connectivity index (χ2v) is 7.52. The predicted octanol–water partition coefficient (Wildman–Crippen LogP) is 3.87. The van der Waals surface area contributed by atoms with Crippen molar-refractivity contribution in [1.29, 1.82) is 0 Å². The molecule has 3 rings (SSSR count). The van der Waals surface area contributed by atoms with Gasteiger partial charge in [-0.1, -0.05) is 29.8 Å². The zero-order valence-electron chi connectivity index (χ0n) is 12.3. The van der Waals surface area contributed by atoms with E-state index in [0.29, 0.717) is 16.4 Å². The van der Waals surface area contributed by atoms with Gasteiger partial charge in [-0.25, -0.2) is 8.42 Å². The summed E-state index contributed by atoms with van der Waals surface area (Å²) in [6.45, 7) is 0. The summed E-state index contributed by atoms with van der Waals surface area (Å²) in [5, 5.41) is 0.476. The number of hydrogen-bond acceptors (Lipinski definition) is 4. The quantitative estimate of drug-likeness (QED) is 0.723. The highest BCUT2D eigenvalue weighted by atomic mass is 35.5. The Kier molecular flexibility index (Phi) is 4.15. The van der Waals surface area contributed by atoms with Crippen molar-refractivity contribution < 1.29 is 8.42 Å². The Balaban J connectivity index is 2.23. The zero-order chi connectivity index (χ0) is 16.4. The van der Waals surface area contributed by atoms with E-state index in [9.17, 15) is 8.42 Å². The van der Waals surface area contributed by atoms with Crippen molar-refractivity contribution in [2.24, 2.45) is 0 Å². The lowest BCUT2D eigenvalue weighted by molar-refractivity contribution is 0.602. The molecule has 23 heavy (non-hydrogen) atoms. The number of aromatic nitrogens is 2. The summed E-state index contributed by atoms with van der Waals surface area (Å²) in [6.07, 6.45) is 4.42. The van der Waals surface area contributed by atoms with Crippen LogP contribution in [0.15, 0.2) is 65.8 Å². The van der Waals surface area contributed by atoms with Crippen molar-refractivity contribution in [2.75, 3.05) is 6.26 Å². The number of benzene rings is 1. The molecule has 0 bridgehead atoms. The summed E-state index contributed by atoms with van der Waals surface area (Å²) in [7, 11) is -3.29. The summed E-state index contributed by atoms with van der Waals surface area (Å²) in [5.74, 6) is 0. The number of sulfone groups is 1. The molecule has 116 valence electrons. The molecule has 0 saturated heterocycles. The van der Waals surface area contributed by atoms with Gasteiger partial charge in [0.15, 0.2) is 9.84 Å². The van der Waals surface area contributed by atoms with Gasteiger partial charge in [0.25, 0.3) is 0 Å². The molecule has 0 aliphatic rings. The molecule has 0 fully saturated rings. The van der Waals surface area contributed by atoms with Crippen LogP contribution in [-0.2, 0) is 9.84 Å². The van der Waals surface area contributed by atoms with Crippen LogP contribution < -0.4 is 0 Å². The highest BCUT2D eigenvalue weighted by molar-refractivity contribution is 7.90. The Morgan fingerprint density at radius 1 is 1.00 bits per heavy atom. The van der Waals surface area contributed by atoms with E-state index < -0.39 is 9.84 Å². The van der Waals surface area contributed by atoms with Crippen LogP contribution in [0.25, 0.3) is 22.5 Å². The molecule has 0 aliphatic heterocycles. The van der Waals surface area contributed by atoms with Crippen LogP contribution in [0.5, 0.6) is 0 Å². The predicted molar refractivity (Wildman–Crippen MR) is 91.0 cm³/mol. The van der Waals surface area contributed by atoms with Gasteiger partial charge < -0.3 is 0 Å². The Bertz CT molecular complexity index is 957. The third kappa shape index (κ3) is 3.41. The molecule has 1 aromatic carbocycles. The lowest BCUT2D eigenvalue weighted by atomic mass is 10.0. The lowest BCUT2D eigenvalue weighted by Gasteiger charge is -2.10. The van der Waals surface area contributed by atoms with Crippen LogP contribution in [0.2, 0.25) is 5.02 Å². The van der Waals surface area contributed by atoms with Gasteiger partial charge in [-0.15, -0.1) is 0 Å². The van der Waals surface area contributed by atoms with Crippen LogP contribution >= 0.6 is 11.6 Å². The highest BCUT2D eigenvalue weighted by Crippen LogP contribution is 2.32. The van der Waals surface area contributed by atoms with Crippen LogP contribution in [0.4, 0.5) is 0 Å². The van der Waals surface area contributed by atoms with Crippen molar-refractivity contribution in [3.05, 3.63) is 65.9 Å². The smallest absolute Gasteiger partial charge is 0.175 e.